The second-order valence-corrected chi connectivity index (χ2v) is 9.94. The van der Waals surface area contributed by atoms with E-state index >= 15 is 0 Å². The van der Waals surface area contributed by atoms with E-state index in [-0.39, 0.29) is 10.6 Å². The van der Waals surface area contributed by atoms with Gasteiger partial charge in [0, 0.05) is 6.07 Å². The van der Waals surface area contributed by atoms with Crippen LogP contribution in [0.2, 0.25) is 0 Å². The summed E-state index contributed by atoms with van der Waals surface area (Å²) in [5.74, 6) is 0.786. The number of amides is 1. The maximum atomic E-state index is 13.6. The summed E-state index contributed by atoms with van der Waals surface area (Å²) in [5.41, 5.74) is 4.44. The van der Waals surface area contributed by atoms with Crippen LogP contribution in [0, 0.1) is 6.92 Å². The van der Waals surface area contributed by atoms with E-state index in [1.165, 1.54) is 38.6 Å². The second kappa shape index (κ2) is 12.8. The molecule has 0 radical (unpaired) electrons. The molecule has 1 N–H and O–H groups in total. The van der Waals surface area contributed by atoms with Gasteiger partial charge in [-0.1, -0.05) is 24.6 Å². The van der Waals surface area contributed by atoms with Crippen molar-refractivity contribution in [2.24, 2.45) is 5.10 Å². The molecule has 0 spiro atoms. The monoisotopic (exact) mass is 525 g/mol. The minimum atomic E-state index is -4.14. The minimum absolute atomic E-state index is 0.0487. The standard InChI is InChI=1S/C27H31N3O6S/c1-5-16-36-23-12-8-21(9-13-23)18-28-29-27(31)19-30(22-10-6-20(2)7-11-22)37(32,33)24-14-15-25(34-3)26(17-24)35-4/h6-15,17-18H,5,16,19H2,1-4H3,(H,29,31)/b28-18-. The third-order valence-electron chi connectivity index (χ3n) is 5.31. The van der Waals surface area contributed by atoms with E-state index in [2.05, 4.69) is 10.5 Å². The molecule has 9 nitrogen and oxygen atoms in total. The van der Waals surface area contributed by atoms with Gasteiger partial charge in [-0.3, -0.25) is 9.10 Å². The summed E-state index contributed by atoms with van der Waals surface area (Å²) in [6.45, 7) is 4.07. The van der Waals surface area contributed by atoms with E-state index in [1.54, 1.807) is 36.4 Å². The zero-order chi connectivity index (χ0) is 26.8. The Bertz CT molecular complexity index is 1320. The fourth-order valence-electron chi connectivity index (χ4n) is 3.34. The summed E-state index contributed by atoms with van der Waals surface area (Å²) in [5, 5.41) is 3.98. The number of carbonyl (C=O) groups excluding carboxylic acids is 1. The zero-order valence-corrected chi connectivity index (χ0v) is 22.1. The molecule has 0 aromatic heterocycles. The van der Waals surface area contributed by atoms with E-state index in [0.717, 1.165) is 27.6 Å². The molecule has 3 aromatic rings. The van der Waals surface area contributed by atoms with E-state index < -0.39 is 22.5 Å². The summed E-state index contributed by atoms with van der Waals surface area (Å²) in [7, 11) is -1.26. The number of hydrogen-bond acceptors (Lipinski definition) is 7. The van der Waals surface area contributed by atoms with Gasteiger partial charge in [0.05, 0.1) is 37.6 Å². The summed E-state index contributed by atoms with van der Waals surface area (Å²) in [6.07, 6.45) is 2.39. The Morgan fingerprint density at radius 3 is 2.27 bits per heavy atom. The molecule has 10 heteroatoms. The van der Waals surface area contributed by atoms with Crippen LogP contribution in [0.5, 0.6) is 17.2 Å². The highest BCUT2D eigenvalue weighted by molar-refractivity contribution is 7.92. The van der Waals surface area contributed by atoms with Crippen molar-refractivity contribution in [1.29, 1.82) is 0 Å². The van der Waals surface area contributed by atoms with Crippen LogP contribution in [0.25, 0.3) is 0 Å². The van der Waals surface area contributed by atoms with E-state index in [0.29, 0.717) is 18.0 Å². The first-order chi connectivity index (χ1) is 17.8. The molecule has 0 saturated heterocycles. The molecular formula is C27H31N3O6S. The number of sulfonamides is 1. The quantitative estimate of drug-likeness (QED) is 0.281. The first kappa shape index (κ1) is 27.5. The molecule has 1 amide bonds. The Balaban J connectivity index is 1.80. The average Bonchev–Trinajstić information content (AvgIpc) is 2.91. The largest absolute Gasteiger partial charge is 0.494 e. The maximum Gasteiger partial charge on any atom is 0.264 e. The molecule has 3 rings (SSSR count). The van der Waals surface area contributed by atoms with Gasteiger partial charge in [0.1, 0.15) is 12.3 Å². The Labute approximate surface area is 217 Å². The number of ether oxygens (including phenoxy) is 3. The second-order valence-electron chi connectivity index (χ2n) is 8.07. The van der Waals surface area contributed by atoms with Crippen LogP contribution in [0.3, 0.4) is 0 Å². The number of nitrogens with one attached hydrogen (secondary N) is 1. The van der Waals surface area contributed by atoms with E-state index in [9.17, 15) is 13.2 Å². The Kier molecular flexibility index (Phi) is 9.51. The molecule has 0 aliphatic rings. The van der Waals surface area contributed by atoms with Gasteiger partial charge in [-0.2, -0.15) is 5.10 Å². The van der Waals surface area contributed by atoms with Crippen molar-refractivity contribution in [3.63, 3.8) is 0 Å². The number of benzene rings is 3. The van der Waals surface area contributed by atoms with Crippen molar-refractivity contribution in [1.82, 2.24) is 5.43 Å². The predicted octanol–water partition coefficient (Wildman–Crippen LogP) is 4.15. The lowest BCUT2D eigenvalue weighted by Gasteiger charge is -2.24. The van der Waals surface area contributed by atoms with Crippen LogP contribution >= 0.6 is 0 Å². The fourth-order valence-corrected chi connectivity index (χ4v) is 4.78. The van der Waals surface area contributed by atoms with Crippen LogP contribution in [-0.2, 0) is 14.8 Å². The van der Waals surface area contributed by atoms with Crippen LogP contribution in [0.4, 0.5) is 5.69 Å². The average molecular weight is 526 g/mol. The lowest BCUT2D eigenvalue weighted by atomic mass is 10.2. The highest BCUT2D eigenvalue weighted by Crippen LogP contribution is 2.32. The van der Waals surface area contributed by atoms with Gasteiger partial charge in [-0.15, -0.1) is 0 Å². The van der Waals surface area contributed by atoms with E-state index in [4.69, 9.17) is 14.2 Å². The van der Waals surface area contributed by atoms with Crippen molar-refractivity contribution >= 4 is 27.8 Å². The van der Waals surface area contributed by atoms with Crippen molar-refractivity contribution in [2.75, 3.05) is 31.7 Å². The number of carbonyl (C=O) groups is 1. The third-order valence-corrected chi connectivity index (χ3v) is 7.08. The molecule has 0 aliphatic carbocycles. The Morgan fingerprint density at radius 2 is 1.65 bits per heavy atom. The number of hydrazone groups is 1. The lowest BCUT2D eigenvalue weighted by molar-refractivity contribution is -0.119. The van der Waals surface area contributed by atoms with Gasteiger partial charge in [0.15, 0.2) is 11.5 Å². The normalized spacial score (nSPS) is 11.2. The molecule has 0 bridgehead atoms. The molecule has 196 valence electrons. The van der Waals surface area contributed by atoms with Crippen LogP contribution in [-0.4, -0.2) is 47.9 Å². The smallest absolute Gasteiger partial charge is 0.264 e. The fraction of sp³-hybridized carbons (Fsp3) is 0.259. The van der Waals surface area contributed by atoms with Gasteiger partial charge < -0.3 is 14.2 Å². The Morgan fingerprint density at radius 1 is 0.973 bits per heavy atom. The summed E-state index contributed by atoms with van der Waals surface area (Å²) < 4.78 is 44.3. The first-order valence-electron chi connectivity index (χ1n) is 11.6. The van der Waals surface area contributed by atoms with E-state index in [1.807, 2.05) is 26.0 Å². The van der Waals surface area contributed by atoms with Crippen molar-refractivity contribution in [2.45, 2.75) is 25.2 Å². The van der Waals surface area contributed by atoms with Gasteiger partial charge in [-0.05, 0) is 67.4 Å². The summed E-state index contributed by atoms with van der Waals surface area (Å²) in [4.78, 5) is 12.7. The van der Waals surface area contributed by atoms with Gasteiger partial charge in [0.25, 0.3) is 15.9 Å². The molecule has 0 atom stereocenters. The van der Waals surface area contributed by atoms with Gasteiger partial charge >= 0.3 is 0 Å². The topological polar surface area (TPSA) is 107 Å². The summed E-state index contributed by atoms with van der Waals surface area (Å²) >= 11 is 0. The molecular weight excluding hydrogens is 494 g/mol. The molecule has 0 unspecified atom stereocenters. The first-order valence-corrected chi connectivity index (χ1v) is 13.1. The molecule has 0 heterocycles. The lowest BCUT2D eigenvalue weighted by Crippen LogP contribution is -2.39. The molecule has 37 heavy (non-hydrogen) atoms. The zero-order valence-electron chi connectivity index (χ0n) is 21.3. The molecule has 0 aliphatic heterocycles. The summed E-state index contributed by atoms with van der Waals surface area (Å²) in [6, 6.07) is 18.3. The van der Waals surface area contributed by atoms with Crippen LogP contribution < -0.4 is 23.9 Å². The van der Waals surface area contributed by atoms with Crippen molar-refractivity contribution < 1.29 is 27.4 Å². The van der Waals surface area contributed by atoms with Crippen LogP contribution in [0.1, 0.15) is 24.5 Å². The van der Waals surface area contributed by atoms with Crippen molar-refractivity contribution in [3.05, 3.63) is 77.9 Å². The van der Waals surface area contributed by atoms with Crippen molar-refractivity contribution in [3.8, 4) is 17.2 Å². The van der Waals surface area contributed by atoms with Gasteiger partial charge in [0.2, 0.25) is 0 Å². The number of hydrogen-bond donors (Lipinski definition) is 1. The number of aryl methyl sites for hydroxylation is 1. The number of nitrogens with zero attached hydrogens (tertiary/aromatic N) is 2. The molecule has 0 saturated carbocycles. The number of anilines is 1. The number of rotatable bonds is 12. The third kappa shape index (κ3) is 7.23. The minimum Gasteiger partial charge on any atom is -0.494 e. The highest BCUT2D eigenvalue weighted by atomic mass is 32.2. The van der Waals surface area contributed by atoms with Gasteiger partial charge in [-0.25, -0.2) is 13.8 Å². The maximum absolute atomic E-state index is 13.6. The van der Waals surface area contributed by atoms with Crippen LogP contribution in [0.15, 0.2) is 76.7 Å². The predicted molar refractivity (Wildman–Crippen MR) is 143 cm³/mol. The number of methoxy groups -OCH3 is 2. The molecule has 0 fully saturated rings. The SMILES string of the molecule is CCCOc1ccc(/C=N\NC(=O)CN(c2ccc(C)cc2)S(=O)(=O)c2ccc(OC)c(OC)c2)cc1. The molecule has 3 aromatic carbocycles. The highest BCUT2D eigenvalue weighted by Gasteiger charge is 2.28. The Hall–Kier alpha value is -4.05.